The lowest BCUT2D eigenvalue weighted by Gasteiger charge is -2.12. The second-order valence-electron chi connectivity index (χ2n) is 2.80. The molecule has 0 unspecified atom stereocenters. The van der Waals surface area contributed by atoms with Crippen LogP contribution in [0.15, 0.2) is 18.2 Å². The highest BCUT2D eigenvalue weighted by molar-refractivity contribution is 5.29. The van der Waals surface area contributed by atoms with Crippen LogP contribution in [0.5, 0.6) is 5.75 Å². The highest BCUT2D eigenvalue weighted by Gasteiger charge is 2.09. The molecule has 1 rings (SSSR count). The summed E-state index contributed by atoms with van der Waals surface area (Å²) in [5.74, 6) is -1.05. The Morgan fingerprint density at radius 3 is 2.69 bits per heavy atom. The van der Waals surface area contributed by atoms with Gasteiger partial charge in [0.15, 0.2) is 11.6 Å². The maximum atomic E-state index is 12.9. The van der Waals surface area contributed by atoms with Gasteiger partial charge in [-0.05, 0) is 24.1 Å². The molecule has 0 saturated heterocycles. The van der Waals surface area contributed by atoms with Crippen molar-refractivity contribution in [2.24, 2.45) is 0 Å². The van der Waals surface area contributed by atoms with Crippen molar-refractivity contribution >= 4 is 0 Å². The Hall–Kier alpha value is -1.13. The lowest BCUT2D eigenvalue weighted by atomic mass is 10.1. The third-order valence-corrected chi connectivity index (χ3v) is 1.94. The van der Waals surface area contributed by atoms with E-state index in [2.05, 4.69) is 5.48 Å². The van der Waals surface area contributed by atoms with Gasteiger partial charge in [0.05, 0.1) is 6.04 Å². The van der Waals surface area contributed by atoms with Gasteiger partial charge in [-0.3, -0.25) is 0 Å². The molecule has 0 spiro atoms. The predicted molar refractivity (Wildman–Crippen MR) is 46.0 cm³/mol. The van der Waals surface area contributed by atoms with Gasteiger partial charge < -0.3 is 10.3 Å². The first kappa shape index (κ1) is 9.95. The second kappa shape index (κ2) is 4.20. The first-order valence-corrected chi connectivity index (χ1v) is 4.07. The Bertz CT molecular complexity index is 287. The molecule has 0 aromatic heterocycles. The standard InChI is InChI=1S/C9H12FNO2/c1-2-8(11-13)6-3-4-9(12)7(10)5-6/h3-5,8,11-13H,2H2,1H3/t8-/m0/s1. The zero-order valence-corrected chi connectivity index (χ0v) is 7.29. The molecule has 4 heteroatoms. The monoisotopic (exact) mass is 185 g/mol. The van der Waals surface area contributed by atoms with Crippen LogP contribution in [0.1, 0.15) is 24.9 Å². The third kappa shape index (κ3) is 2.17. The first-order valence-electron chi connectivity index (χ1n) is 4.07. The molecule has 3 N–H and O–H groups in total. The average Bonchev–Trinajstić information content (AvgIpc) is 2.13. The summed E-state index contributed by atoms with van der Waals surface area (Å²) < 4.78 is 12.9. The van der Waals surface area contributed by atoms with Crippen LogP contribution in [0, 0.1) is 5.82 Å². The van der Waals surface area contributed by atoms with E-state index in [1.807, 2.05) is 6.92 Å². The maximum absolute atomic E-state index is 12.9. The highest BCUT2D eigenvalue weighted by atomic mass is 19.1. The van der Waals surface area contributed by atoms with Gasteiger partial charge in [0, 0.05) is 0 Å². The summed E-state index contributed by atoms with van der Waals surface area (Å²) in [6, 6.07) is 3.74. The van der Waals surface area contributed by atoms with Crippen molar-refractivity contribution in [2.45, 2.75) is 19.4 Å². The number of phenolic OH excluding ortho intramolecular Hbond substituents is 1. The molecular formula is C9H12FNO2. The summed E-state index contributed by atoms with van der Waals surface area (Å²) in [5.41, 5.74) is 2.68. The molecule has 0 aliphatic heterocycles. The molecule has 3 nitrogen and oxygen atoms in total. The molecule has 0 radical (unpaired) electrons. The second-order valence-corrected chi connectivity index (χ2v) is 2.80. The van der Waals surface area contributed by atoms with Crippen LogP contribution in [0.25, 0.3) is 0 Å². The van der Waals surface area contributed by atoms with Crippen LogP contribution in [-0.4, -0.2) is 10.3 Å². The molecule has 1 aromatic rings. The largest absolute Gasteiger partial charge is 0.505 e. The van der Waals surface area contributed by atoms with Gasteiger partial charge in [-0.15, -0.1) is 0 Å². The normalized spacial score (nSPS) is 12.8. The smallest absolute Gasteiger partial charge is 0.165 e. The quantitative estimate of drug-likeness (QED) is 0.631. The van der Waals surface area contributed by atoms with Gasteiger partial charge in [0.2, 0.25) is 0 Å². The average molecular weight is 185 g/mol. The molecule has 72 valence electrons. The minimum atomic E-state index is -0.675. The summed E-state index contributed by atoms with van der Waals surface area (Å²) in [5, 5.41) is 17.6. The SMILES string of the molecule is CC[C@H](NO)c1ccc(O)c(F)c1. The van der Waals surface area contributed by atoms with Crippen molar-refractivity contribution in [1.29, 1.82) is 0 Å². The van der Waals surface area contributed by atoms with Gasteiger partial charge in [0.25, 0.3) is 0 Å². The number of benzene rings is 1. The van der Waals surface area contributed by atoms with Crippen LogP contribution in [0.3, 0.4) is 0 Å². The van der Waals surface area contributed by atoms with Crippen molar-refractivity contribution in [3.63, 3.8) is 0 Å². The molecule has 0 fully saturated rings. The Labute approximate surface area is 75.8 Å². The number of hydrogen-bond acceptors (Lipinski definition) is 3. The van der Waals surface area contributed by atoms with Crippen molar-refractivity contribution in [3.8, 4) is 5.75 Å². The van der Waals surface area contributed by atoms with Gasteiger partial charge in [0.1, 0.15) is 0 Å². The van der Waals surface area contributed by atoms with Crippen molar-refractivity contribution in [2.75, 3.05) is 0 Å². The van der Waals surface area contributed by atoms with Crippen LogP contribution in [-0.2, 0) is 0 Å². The fraction of sp³-hybridized carbons (Fsp3) is 0.333. The Morgan fingerprint density at radius 1 is 1.54 bits per heavy atom. The minimum Gasteiger partial charge on any atom is -0.505 e. The fourth-order valence-corrected chi connectivity index (χ4v) is 1.14. The molecule has 1 aromatic carbocycles. The summed E-state index contributed by atoms with van der Waals surface area (Å²) in [6.07, 6.45) is 0.640. The molecular weight excluding hydrogens is 173 g/mol. The van der Waals surface area contributed by atoms with Crippen LogP contribution >= 0.6 is 0 Å². The number of phenols is 1. The van der Waals surface area contributed by atoms with E-state index in [0.717, 1.165) is 0 Å². The number of nitrogens with one attached hydrogen (secondary N) is 1. The molecule has 0 saturated carbocycles. The van der Waals surface area contributed by atoms with Crippen molar-refractivity contribution in [1.82, 2.24) is 5.48 Å². The van der Waals surface area contributed by atoms with Crippen LogP contribution in [0.2, 0.25) is 0 Å². The van der Waals surface area contributed by atoms with Gasteiger partial charge in [-0.25, -0.2) is 4.39 Å². The van der Waals surface area contributed by atoms with Gasteiger partial charge >= 0.3 is 0 Å². The number of hydroxylamine groups is 1. The van der Waals surface area contributed by atoms with E-state index in [1.54, 1.807) is 6.07 Å². The lowest BCUT2D eigenvalue weighted by molar-refractivity contribution is 0.124. The van der Waals surface area contributed by atoms with Crippen LogP contribution < -0.4 is 5.48 Å². The van der Waals surface area contributed by atoms with Crippen LogP contribution in [0.4, 0.5) is 4.39 Å². The third-order valence-electron chi connectivity index (χ3n) is 1.94. The number of hydrogen-bond donors (Lipinski definition) is 3. The van der Waals surface area contributed by atoms with Crippen molar-refractivity contribution in [3.05, 3.63) is 29.6 Å². The molecule has 0 aliphatic carbocycles. The fourth-order valence-electron chi connectivity index (χ4n) is 1.14. The van der Waals surface area contributed by atoms with Gasteiger partial charge in [-0.1, -0.05) is 13.0 Å². The summed E-state index contributed by atoms with van der Waals surface area (Å²) in [6.45, 7) is 1.86. The number of halogens is 1. The van der Waals surface area contributed by atoms with E-state index in [-0.39, 0.29) is 11.8 Å². The molecule has 0 heterocycles. The number of aromatic hydroxyl groups is 1. The Balaban J connectivity index is 2.95. The summed E-state index contributed by atoms with van der Waals surface area (Å²) in [4.78, 5) is 0. The first-order chi connectivity index (χ1) is 6.19. The van der Waals surface area contributed by atoms with E-state index < -0.39 is 5.82 Å². The van der Waals surface area contributed by atoms with E-state index >= 15 is 0 Å². The van der Waals surface area contributed by atoms with E-state index in [4.69, 9.17) is 10.3 Å². The van der Waals surface area contributed by atoms with E-state index in [1.165, 1.54) is 12.1 Å². The molecule has 13 heavy (non-hydrogen) atoms. The maximum Gasteiger partial charge on any atom is 0.165 e. The molecule has 0 bridgehead atoms. The van der Waals surface area contributed by atoms with Crippen molar-refractivity contribution < 1.29 is 14.7 Å². The summed E-state index contributed by atoms with van der Waals surface area (Å²) in [7, 11) is 0. The topological polar surface area (TPSA) is 52.5 Å². The predicted octanol–water partition coefficient (Wildman–Crippen LogP) is 1.96. The molecule has 1 atom stereocenters. The Kier molecular flexibility index (Phi) is 3.22. The minimum absolute atomic E-state index is 0.296. The Morgan fingerprint density at radius 2 is 2.23 bits per heavy atom. The lowest BCUT2D eigenvalue weighted by Crippen LogP contribution is -2.15. The summed E-state index contributed by atoms with van der Waals surface area (Å²) >= 11 is 0. The molecule has 0 amide bonds. The molecule has 0 aliphatic rings. The zero-order chi connectivity index (χ0) is 9.84. The zero-order valence-electron chi connectivity index (χ0n) is 7.29. The number of rotatable bonds is 3. The van der Waals surface area contributed by atoms with E-state index in [0.29, 0.717) is 12.0 Å². The highest BCUT2D eigenvalue weighted by Crippen LogP contribution is 2.22. The van der Waals surface area contributed by atoms with Gasteiger partial charge in [-0.2, -0.15) is 5.48 Å². The van der Waals surface area contributed by atoms with E-state index in [9.17, 15) is 4.39 Å².